The summed E-state index contributed by atoms with van der Waals surface area (Å²) in [6, 6.07) is 0. The summed E-state index contributed by atoms with van der Waals surface area (Å²) in [5, 5.41) is 0. The average molecular weight is 178 g/mol. The first kappa shape index (κ1) is 7.44. The Morgan fingerprint density at radius 2 is 1.62 bits per heavy atom. The summed E-state index contributed by atoms with van der Waals surface area (Å²) in [4.78, 5) is 0. The number of hydrogen-bond acceptors (Lipinski definition) is 3. The van der Waals surface area contributed by atoms with E-state index in [2.05, 4.69) is 20.6 Å². The second-order valence-corrected chi connectivity index (χ2v) is 2.86. The van der Waals surface area contributed by atoms with Crippen molar-refractivity contribution in [3.63, 3.8) is 0 Å². The molecule has 0 aliphatic carbocycles. The molecule has 0 aliphatic heterocycles. The molecule has 0 heterocycles. The van der Waals surface area contributed by atoms with Crippen molar-refractivity contribution in [3.05, 3.63) is 25.7 Å². The van der Waals surface area contributed by atoms with E-state index in [1.807, 2.05) is 0 Å². The van der Waals surface area contributed by atoms with Crippen LogP contribution in [-0.2, 0) is 11.2 Å². The Hall–Kier alpha value is -0.562. The molecule has 46 valence electrons. The predicted molar refractivity (Wildman–Crippen MR) is 30.4 cm³/mol. The van der Waals surface area contributed by atoms with Gasteiger partial charge >= 0.3 is 52.1 Å². The molecular weight excluding hydrogens is 171 g/mol. The zero-order valence-electron chi connectivity index (χ0n) is 4.29. The Morgan fingerprint density at radius 1 is 1.25 bits per heavy atom. The van der Waals surface area contributed by atoms with Crippen LogP contribution in [0, 0.1) is 0 Å². The van der Waals surface area contributed by atoms with Gasteiger partial charge in [0.2, 0.25) is 0 Å². The topological polar surface area (TPSA) is 35.5 Å². The van der Waals surface area contributed by atoms with E-state index in [9.17, 15) is 3.74 Å². The van der Waals surface area contributed by atoms with E-state index in [4.69, 9.17) is 0 Å². The Labute approximate surface area is 52.8 Å². The van der Waals surface area contributed by atoms with Crippen LogP contribution in [0.3, 0.4) is 0 Å². The molecule has 0 bridgehead atoms. The van der Waals surface area contributed by atoms with Gasteiger partial charge in [0.15, 0.2) is 0 Å². The summed E-state index contributed by atoms with van der Waals surface area (Å²) >= 11 is -2.92. The minimum absolute atomic E-state index is 1.09. The Morgan fingerprint density at radius 3 is 1.88 bits per heavy atom. The molecule has 0 aromatic heterocycles. The van der Waals surface area contributed by atoms with Gasteiger partial charge in [0.25, 0.3) is 0 Å². The predicted octanol–water partition coefficient (Wildman–Crippen LogP) is 0.454. The molecule has 0 N–H and O–H groups in total. The van der Waals surface area contributed by atoms with Gasteiger partial charge < -0.3 is 0 Å². The standard InChI is InChI=1S/C4H7AsO3/c1-3-7-5(6)8-4-2/h3-5H,1-2H2. The van der Waals surface area contributed by atoms with E-state index >= 15 is 0 Å². The Bertz CT molecular complexity index is 97.9. The van der Waals surface area contributed by atoms with E-state index < -0.39 is 15.3 Å². The van der Waals surface area contributed by atoms with Gasteiger partial charge in [0.1, 0.15) is 0 Å². The minimum atomic E-state index is -2.92. The average Bonchev–Trinajstić information content (AvgIpc) is 1.68. The molecule has 8 heavy (non-hydrogen) atoms. The third-order valence-electron chi connectivity index (χ3n) is 0.359. The third kappa shape index (κ3) is 3.62. The van der Waals surface area contributed by atoms with E-state index in [-0.39, 0.29) is 0 Å². The van der Waals surface area contributed by atoms with Crippen LogP contribution in [0.2, 0.25) is 0 Å². The zero-order valence-corrected chi connectivity index (χ0v) is 6.39. The fourth-order valence-corrected chi connectivity index (χ4v) is 0.851. The van der Waals surface area contributed by atoms with Crippen molar-refractivity contribution in [2.24, 2.45) is 0 Å². The fourth-order valence-electron chi connectivity index (χ4n) is 0.164. The van der Waals surface area contributed by atoms with Crippen molar-refractivity contribution in [3.8, 4) is 0 Å². The van der Waals surface area contributed by atoms with Gasteiger partial charge in [-0.3, -0.25) is 0 Å². The SMILES string of the molecule is C=CO[AsH](=O)OC=C. The normalized spacial score (nSPS) is 8.12. The molecule has 0 saturated heterocycles. The van der Waals surface area contributed by atoms with Gasteiger partial charge in [-0.2, -0.15) is 0 Å². The first-order chi connectivity index (χ1) is 3.81. The second kappa shape index (κ2) is 4.59. The molecule has 0 atom stereocenters. The molecule has 3 nitrogen and oxygen atoms in total. The quantitative estimate of drug-likeness (QED) is 0.463. The van der Waals surface area contributed by atoms with Crippen LogP contribution < -0.4 is 0 Å². The first-order valence-electron chi connectivity index (χ1n) is 1.90. The summed E-state index contributed by atoms with van der Waals surface area (Å²) in [5.41, 5.74) is 0. The van der Waals surface area contributed by atoms with Crippen LogP contribution >= 0.6 is 0 Å². The summed E-state index contributed by atoms with van der Waals surface area (Å²) in [6.07, 6.45) is 2.18. The van der Waals surface area contributed by atoms with E-state index in [0.717, 1.165) is 12.5 Å². The maximum absolute atomic E-state index is 10.3. The van der Waals surface area contributed by atoms with Crippen molar-refractivity contribution < 1.29 is 11.2 Å². The van der Waals surface area contributed by atoms with Crippen LogP contribution in [0.25, 0.3) is 0 Å². The van der Waals surface area contributed by atoms with Crippen molar-refractivity contribution in [1.82, 2.24) is 0 Å². The van der Waals surface area contributed by atoms with Crippen LogP contribution in [0.4, 0.5) is 0 Å². The monoisotopic (exact) mass is 178 g/mol. The second-order valence-electron chi connectivity index (χ2n) is 0.819. The molecular formula is C4H7AsO3. The van der Waals surface area contributed by atoms with E-state index in [1.54, 1.807) is 0 Å². The molecule has 0 aromatic carbocycles. The number of hydrogen-bond donors (Lipinski definition) is 0. The molecule has 4 heteroatoms. The van der Waals surface area contributed by atoms with Crippen LogP contribution in [0.15, 0.2) is 25.7 Å². The van der Waals surface area contributed by atoms with Gasteiger partial charge in [0.05, 0.1) is 0 Å². The van der Waals surface area contributed by atoms with Crippen molar-refractivity contribution >= 4 is 15.3 Å². The fraction of sp³-hybridized carbons (Fsp3) is 0. The third-order valence-corrected chi connectivity index (χ3v) is 1.87. The molecule has 0 radical (unpaired) electrons. The Kier molecular flexibility index (Phi) is 4.27. The van der Waals surface area contributed by atoms with Crippen LogP contribution in [-0.4, -0.2) is 15.3 Å². The van der Waals surface area contributed by atoms with Crippen molar-refractivity contribution in [1.29, 1.82) is 0 Å². The molecule has 0 aromatic rings. The van der Waals surface area contributed by atoms with Gasteiger partial charge in [-0.05, 0) is 0 Å². The summed E-state index contributed by atoms with van der Waals surface area (Å²) in [5.74, 6) is 0. The molecule has 0 fully saturated rings. The molecule has 0 aliphatic rings. The van der Waals surface area contributed by atoms with Crippen molar-refractivity contribution in [2.75, 3.05) is 0 Å². The summed E-state index contributed by atoms with van der Waals surface area (Å²) < 4.78 is 19.0. The van der Waals surface area contributed by atoms with E-state index in [1.165, 1.54) is 0 Å². The molecule has 0 spiro atoms. The summed E-state index contributed by atoms with van der Waals surface area (Å²) in [6.45, 7) is 6.38. The molecule has 0 saturated carbocycles. The van der Waals surface area contributed by atoms with E-state index in [0.29, 0.717) is 0 Å². The Balaban J connectivity index is 3.32. The van der Waals surface area contributed by atoms with Gasteiger partial charge in [-0.25, -0.2) is 0 Å². The zero-order chi connectivity index (χ0) is 6.41. The van der Waals surface area contributed by atoms with Gasteiger partial charge in [-0.15, -0.1) is 0 Å². The summed E-state index contributed by atoms with van der Waals surface area (Å²) in [7, 11) is 0. The molecule has 0 amide bonds. The maximum atomic E-state index is 10.3. The number of rotatable bonds is 4. The first-order valence-corrected chi connectivity index (χ1v) is 4.47. The van der Waals surface area contributed by atoms with Crippen molar-refractivity contribution in [2.45, 2.75) is 0 Å². The van der Waals surface area contributed by atoms with Crippen LogP contribution in [0.5, 0.6) is 0 Å². The molecule has 0 unspecified atom stereocenters. The van der Waals surface area contributed by atoms with Crippen LogP contribution in [0.1, 0.15) is 0 Å². The molecule has 0 rings (SSSR count). The van der Waals surface area contributed by atoms with Gasteiger partial charge in [-0.1, -0.05) is 0 Å². The van der Waals surface area contributed by atoms with Gasteiger partial charge in [0, 0.05) is 0 Å².